The lowest BCUT2D eigenvalue weighted by Crippen LogP contribution is -2.55. The van der Waals surface area contributed by atoms with Crippen molar-refractivity contribution in [2.45, 2.75) is 230 Å². The molecule has 110 heavy (non-hydrogen) atoms. The summed E-state index contributed by atoms with van der Waals surface area (Å²) in [6.45, 7) is 30.4. The lowest BCUT2D eigenvalue weighted by Gasteiger charge is -2.41. The standard InChI is InChI=1S/C22H30N2O5.C19H28N2O4.2C19H26N2O4.C4H6O2/c1-22(2,3)29-21(26)24-9-8-17(24)14-28-18-10-16(12-23-13-18)19-11-15(19)6-5-7-20(25)27-4;3*1-19(2,3)25-18(23)21-6-4-15(21)12-24-16-8-14(10-20-11-16)17-9-13(17)5-7-22;1-3-4(5)6-2/h5,7,10,12-13,15,17,19H,6,8-9,11,14H2,1-4H3;8,10-11,13,15,17,22H,4-7,9,12H2,1-3H3;2*7-8,10-11,13,15,17H,4-6,9,12H2,1-3H3;3H,1H2,2H3/b7-5+;;;;/t15-,17-,19-;3*13-,15-,17-;/m0000./s1. The van der Waals surface area contributed by atoms with E-state index in [0.29, 0.717) is 130 Å². The summed E-state index contributed by atoms with van der Waals surface area (Å²) in [5, 5.41) is 9.03. The molecule has 27 nitrogen and oxygen atoms in total. The second kappa shape index (κ2) is 39.5. The predicted molar refractivity (Wildman–Crippen MR) is 409 cm³/mol. The Kier molecular flexibility index (Phi) is 30.9. The summed E-state index contributed by atoms with van der Waals surface area (Å²) in [5.41, 5.74) is 2.63. The van der Waals surface area contributed by atoms with Crippen molar-refractivity contribution in [2.24, 2.45) is 23.7 Å². The molecule has 4 aromatic rings. The first-order valence-corrected chi connectivity index (χ1v) is 38.4. The highest BCUT2D eigenvalue weighted by Crippen LogP contribution is 2.52. The van der Waals surface area contributed by atoms with E-state index in [1.165, 1.54) is 25.9 Å². The van der Waals surface area contributed by atoms with Crippen LogP contribution in [0.4, 0.5) is 19.2 Å². The van der Waals surface area contributed by atoms with Crippen LogP contribution < -0.4 is 18.9 Å². The van der Waals surface area contributed by atoms with E-state index in [0.717, 1.165) is 105 Å². The van der Waals surface area contributed by atoms with Crippen molar-refractivity contribution in [1.82, 2.24) is 39.5 Å². The molecule has 0 bridgehead atoms. The van der Waals surface area contributed by atoms with Crippen molar-refractivity contribution in [2.75, 3.05) is 73.4 Å². The summed E-state index contributed by atoms with van der Waals surface area (Å²) >= 11 is 0. The van der Waals surface area contributed by atoms with Crippen LogP contribution in [0.2, 0.25) is 0 Å². The first kappa shape index (κ1) is 86.2. The second-order valence-corrected chi connectivity index (χ2v) is 33.1. The maximum absolute atomic E-state index is 12.2. The molecular weight excluding hydrogens is 1410 g/mol. The topological polar surface area (TPSA) is 314 Å². The number of aromatic nitrogens is 4. The van der Waals surface area contributed by atoms with Crippen LogP contribution in [0.1, 0.15) is 206 Å². The quantitative estimate of drug-likeness (QED) is 0.0264. The molecule has 8 fully saturated rings. The third kappa shape index (κ3) is 27.9. The van der Waals surface area contributed by atoms with E-state index in [9.17, 15) is 38.4 Å². The maximum Gasteiger partial charge on any atom is 0.410 e. The number of methoxy groups -OCH3 is 2. The highest BCUT2D eigenvalue weighted by molar-refractivity contribution is 5.82. The first-order chi connectivity index (χ1) is 52.2. The zero-order valence-electron chi connectivity index (χ0n) is 66.7. The molecule has 4 amide bonds. The molecule has 4 aliphatic carbocycles. The third-order valence-corrected chi connectivity index (χ3v) is 19.8. The SMILES string of the molecule is C=CC(=O)OC.CC(C)(C)OC(=O)N1CC[C@H]1COc1cncc([C@H]2C[C@@H]2CC=O)c1.CC(C)(C)OC(=O)N1CC[C@H]1COc1cncc([C@H]2C[C@@H]2CC=O)c1.CC(C)(C)OC(=O)N1CC[C@H]1COc1cncc([C@H]2C[C@@H]2CCO)c1.COC(=O)/C=C/C[C@H]1C[C@@H]1c1cncc(OC[C@@H]2CCN2C(=O)OC(C)(C)C)c1. The lowest BCUT2D eigenvalue weighted by molar-refractivity contribution is -0.135. The van der Waals surface area contributed by atoms with Gasteiger partial charge in [-0.3, -0.25) is 19.9 Å². The van der Waals surface area contributed by atoms with Gasteiger partial charge in [-0.1, -0.05) is 12.7 Å². The Bertz CT molecular complexity index is 3660. The Balaban J connectivity index is 0.000000180. The van der Waals surface area contributed by atoms with Gasteiger partial charge in [0.2, 0.25) is 0 Å². The minimum atomic E-state index is -0.497. The number of aliphatic hydroxyl groups excluding tert-OH is 1. The van der Waals surface area contributed by atoms with Gasteiger partial charge < -0.3 is 81.7 Å². The van der Waals surface area contributed by atoms with Crippen LogP contribution in [0, 0.1) is 23.7 Å². The van der Waals surface area contributed by atoms with Crippen LogP contribution in [0.25, 0.3) is 0 Å². The monoisotopic (exact) mass is 1530 g/mol. The third-order valence-electron chi connectivity index (χ3n) is 19.8. The number of nitrogens with zero attached hydrogens (tertiary/aromatic N) is 8. The summed E-state index contributed by atoms with van der Waals surface area (Å²) in [7, 11) is 2.68. The van der Waals surface area contributed by atoms with Crippen LogP contribution >= 0.6 is 0 Å². The number of carbonyl (C=O) groups is 8. The number of esters is 2. The molecule has 8 aliphatic rings. The summed E-state index contributed by atoms with van der Waals surface area (Å²) in [6.07, 6.45) is 30.4. The normalized spacial score (nSPS) is 23.7. The number of rotatable bonds is 26. The largest absolute Gasteiger partial charge is 0.490 e. The van der Waals surface area contributed by atoms with Crippen molar-refractivity contribution in [1.29, 1.82) is 0 Å². The Morgan fingerprint density at radius 2 is 0.700 bits per heavy atom. The van der Waals surface area contributed by atoms with Crippen molar-refractivity contribution < 1.29 is 90.8 Å². The number of hydrogen-bond donors (Lipinski definition) is 1. The van der Waals surface area contributed by atoms with Gasteiger partial charge in [-0.15, -0.1) is 0 Å². The smallest absolute Gasteiger partial charge is 0.410 e. The Hall–Kier alpha value is -9.40. The van der Waals surface area contributed by atoms with Crippen molar-refractivity contribution in [3.63, 3.8) is 0 Å². The van der Waals surface area contributed by atoms with Gasteiger partial charge in [0.1, 0.15) is 84.4 Å². The van der Waals surface area contributed by atoms with Crippen LogP contribution in [0.15, 0.2) is 98.6 Å². The second-order valence-electron chi connectivity index (χ2n) is 33.1. The first-order valence-electron chi connectivity index (χ1n) is 38.4. The van der Waals surface area contributed by atoms with Gasteiger partial charge in [0.05, 0.1) is 63.2 Å². The molecule has 12 rings (SSSR count). The van der Waals surface area contributed by atoms with Crippen LogP contribution in [-0.2, 0) is 47.6 Å². The fraction of sp³-hybridized carbons (Fsp3) is 0.614. The van der Waals surface area contributed by atoms with Gasteiger partial charge in [0.15, 0.2) is 0 Å². The van der Waals surface area contributed by atoms with Crippen LogP contribution in [-0.4, -0.2) is 214 Å². The minimum absolute atomic E-state index is 0.0330. The van der Waals surface area contributed by atoms with Gasteiger partial charge in [0, 0.05) is 82.6 Å². The number of ether oxygens (including phenoxy) is 10. The predicted octanol–water partition coefficient (Wildman–Crippen LogP) is 13.3. The zero-order chi connectivity index (χ0) is 80.1. The van der Waals surface area contributed by atoms with E-state index >= 15 is 0 Å². The number of aliphatic hydroxyl groups is 1. The lowest BCUT2D eigenvalue weighted by atomic mass is 10.1. The number of hydrogen-bond acceptors (Lipinski definition) is 23. The molecule has 0 aromatic carbocycles. The molecule has 0 unspecified atom stereocenters. The van der Waals surface area contributed by atoms with E-state index in [2.05, 4.69) is 36.0 Å². The molecule has 4 saturated heterocycles. The van der Waals surface area contributed by atoms with Gasteiger partial charge in [-0.25, -0.2) is 28.8 Å². The molecular formula is C83H116N8O19. The van der Waals surface area contributed by atoms with Gasteiger partial charge in [-0.2, -0.15) is 0 Å². The molecule has 8 heterocycles. The van der Waals surface area contributed by atoms with Crippen molar-refractivity contribution in [3.05, 3.63) is 121 Å². The fourth-order valence-corrected chi connectivity index (χ4v) is 13.0. The minimum Gasteiger partial charge on any atom is -0.490 e. The number of aldehydes is 2. The molecule has 4 saturated carbocycles. The zero-order valence-corrected chi connectivity index (χ0v) is 66.7. The molecule has 0 radical (unpaired) electrons. The molecule has 1 N–H and O–H groups in total. The van der Waals surface area contributed by atoms with E-state index in [1.54, 1.807) is 44.4 Å². The van der Waals surface area contributed by atoms with E-state index in [-0.39, 0.29) is 61.1 Å². The Morgan fingerprint density at radius 3 is 0.927 bits per heavy atom. The highest BCUT2D eigenvalue weighted by atomic mass is 16.6. The number of carbonyl (C=O) groups excluding carboxylic acids is 8. The highest BCUT2D eigenvalue weighted by Gasteiger charge is 2.44. The molecule has 12 atom stereocenters. The Morgan fingerprint density at radius 1 is 0.427 bits per heavy atom. The summed E-state index contributed by atoms with van der Waals surface area (Å²) < 4.78 is 53.9. The van der Waals surface area contributed by atoms with E-state index < -0.39 is 28.4 Å². The number of amides is 4. The molecule has 602 valence electrons. The number of likely N-dealkylation sites (tertiary alicyclic amines) is 4. The van der Waals surface area contributed by atoms with Gasteiger partial charge in [-0.05, 0) is 241 Å². The number of allylic oxidation sites excluding steroid dienone is 1. The molecule has 27 heteroatoms. The van der Waals surface area contributed by atoms with Crippen LogP contribution in [0.3, 0.4) is 0 Å². The molecule has 0 spiro atoms. The average Bonchev–Trinajstić information content (AvgIpc) is 1.78. The van der Waals surface area contributed by atoms with Crippen molar-refractivity contribution >= 4 is 48.9 Å². The average molecular weight is 1530 g/mol. The summed E-state index contributed by atoms with van der Waals surface area (Å²) in [5.74, 6) is 5.91. The van der Waals surface area contributed by atoms with Crippen molar-refractivity contribution in [3.8, 4) is 23.0 Å². The number of pyridine rings is 4. The van der Waals surface area contributed by atoms with Crippen LogP contribution in [0.5, 0.6) is 23.0 Å². The Labute approximate surface area is 647 Å². The van der Waals surface area contributed by atoms with E-state index in [1.807, 2.05) is 138 Å². The fourth-order valence-electron chi connectivity index (χ4n) is 13.0. The summed E-state index contributed by atoms with van der Waals surface area (Å²) in [4.78, 5) is 115. The molecule has 4 aromatic heterocycles. The molecule has 4 aliphatic heterocycles. The van der Waals surface area contributed by atoms with Gasteiger partial charge >= 0.3 is 36.3 Å². The van der Waals surface area contributed by atoms with Gasteiger partial charge in [0.25, 0.3) is 0 Å². The maximum atomic E-state index is 12.2. The van der Waals surface area contributed by atoms with E-state index in [4.69, 9.17) is 43.0 Å². The summed E-state index contributed by atoms with van der Waals surface area (Å²) in [6, 6.07) is 8.23.